The van der Waals surface area contributed by atoms with E-state index >= 15 is 0 Å². The van der Waals surface area contributed by atoms with Crippen molar-refractivity contribution in [2.75, 3.05) is 19.5 Å². The molecule has 2 heterocycles. The predicted molar refractivity (Wildman–Crippen MR) is 150 cm³/mol. The Morgan fingerprint density at radius 2 is 1.84 bits per heavy atom. The highest BCUT2D eigenvalue weighted by molar-refractivity contribution is 7.15. The van der Waals surface area contributed by atoms with E-state index in [4.69, 9.17) is 9.47 Å². The van der Waals surface area contributed by atoms with Gasteiger partial charge >= 0.3 is 6.09 Å². The number of hydrogen-bond donors (Lipinski definition) is 1. The summed E-state index contributed by atoms with van der Waals surface area (Å²) in [6.07, 6.45) is -0.338. The Morgan fingerprint density at radius 1 is 1.08 bits per heavy atom. The van der Waals surface area contributed by atoms with Crippen LogP contribution in [0.5, 0.6) is 5.75 Å². The molecule has 2 aromatic carbocycles. The van der Waals surface area contributed by atoms with Crippen molar-refractivity contribution >= 4 is 34.0 Å². The van der Waals surface area contributed by atoms with E-state index in [0.29, 0.717) is 6.54 Å². The molecule has 0 bridgehead atoms. The van der Waals surface area contributed by atoms with Gasteiger partial charge in [0.1, 0.15) is 11.4 Å². The second-order valence-corrected chi connectivity index (χ2v) is 11.2. The van der Waals surface area contributed by atoms with Gasteiger partial charge in [-0.25, -0.2) is 4.79 Å². The van der Waals surface area contributed by atoms with Gasteiger partial charge in [0.25, 0.3) is 0 Å². The van der Waals surface area contributed by atoms with Gasteiger partial charge < -0.3 is 19.7 Å². The van der Waals surface area contributed by atoms with Crippen molar-refractivity contribution in [2.45, 2.75) is 52.8 Å². The fourth-order valence-electron chi connectivity index (χ4n) is 4.07. The van der Waals surface area contributed by atoms with Gasteiger partial charge in [-0.2, -0.15) is 5.10 Å². The predicted octanol–water partition coefficient (Wildman–Crippen LogP) is 7.22. The molecule has 8 heteroatoms. The number of thiophene rings is 1. The van der Waals surface area contributed by atoms with Crippen LogP contribution in [0.1, 0.15) is 49.9 Å². The van der Waals surface area contributed by atoms with Gasteiger partial charge in [-0.3, -0.25) is 0 Å². The molecule has 0 aliphatic heterocycles. The molecule has 4 rings (SSSR count). The maximum absolute atomic E-state index is 12.5. The number of benzene rings is 2. The number of carbonyl (C=O) groups excluding carboxylic acids is 1. The van der Waals surface area contributed by atoms with Gasteiger partial charge in [0.2, 0.25) is 0 Å². The van der Waals surface area contributed by atoms with Crippen molar-refractivity contribution in [3.63, 3.8) is 0 Å². The number of nitrogens with one attached hydrogen (secondary N) is 1. The van der Waals surface area contributed by atoms with Crippen LogP contribution in [0.15, 0.2) is 54.6 Å². The first kappa shape index (κ1) is 26.4. The number of anilines is 1. The van der Waals surface area contributed by atoms with Crippen LogP contribution in [0.2, 0.25) is 0 Å². The van der Waals surface area contributed by atoms with Crippen LogP contribution in [0.4, 0.5) is 10.6 Å². The van der Waals surface area contributed by atoms with Crippen LogP contribution in [0.25, 0.3) is 21.2 Å². The van der Waals surface area contributed by atoms with Crippen LogP contribution in [-0.2, 0) is 11.3 Å². The molecule has 0 aliphatic carbocycles. The largest absolute Gasteiger partial charge is 0.497 e. The van der Waals surface area contributed by atoms with Crippen LogP contribution in [0, 0.1) is 6.92 Å². The Morgan fingerprint density at radius 3 is 2.57 bits per heavy atom. The molecule has 194 valence electrons. The molecule has 7 nitrogen and oxygen atoms in total. The maximum atomic E-state index is 12.5. The first-order valence-corrected chi connectivity index (χ1v) is 13.1. The van der Waals surface area contributed by atoms with Crippen molar-refractivity contribution in [3.8, 4) is 16.2 Å². The molecule has 2 aromatic heterocycles. The highest BCUT2D eigenvalue weighted by Gasteiger charge is 2.21. The van der Waals surface area contributed by atoms with Crippen LogP contribution in [0.3, 0.4) is 0 Å². The zero-order valence-corrected chi connectivity index (χ0v) is 23.3. The van der Waals surface area contributed by atoms with Crippen molar-refractivity contribution in [3.05, 3.63) is 70.7 Å². The Balaban J connectivity index is 1.55. The van der Waals surface area contributed by atoms with E-state index in [-0.39, 0.29) is 12.1 Å². The van der Waals surface area contributed by atoms with Crippen molar-refractivity contribution < 1.29 is 14.3 Å². The number of ether oxygens (including phenoxy) is 2. The summed E-state index contributed by atoms with van der Waals surface area (Å²) >= 11 is 1.72. The molecule has 4 aromatic rings. The molecule has 0 radical (unpaired) electrons. The third kappa shape index (κ3) is 6.20. The van der Waals surface area contributed by atoms with E-state index in [9.17, 15) is 4.79 Å². The number of carbonyl (C=O) groups is 1. The lowest BCUT2D eigenvalue weighted by molar-refractivity contribution is 0.0285. The minimum atomic E-state index is -0.533. The number of fused-ring (bicyclic) bond motifs is 1. The summed E-state index contributed by atoms with van der Waals surface area (Å²) in [4.78, 5) is 16.4. The highest BCUT2D eigenvalue weighted by Crippen LogP contribution is 2.36. The van der Waals surface area contributed by atoms with Crippen LogP contribution in [-0.4, -0.2) is 40.9 Å². The minimum Gasteiger partial charge on any atom is -0.497 e. The SMILES string of the molecule is COc1ccc2c(C)nnc(N[C@H](C)c3ccc(-c4ccccc4CN(C)C(=O)OC(C)(C)C)s3)c2c1. The highest BCUT2D eigenvalue weighted by atomic mass is 32.1. The number of hydrogen-bond acceptors (Lipinski definition) is 7. The van der Waals surface area contributed by atoms with E-state index in [1.165, 1.54) is 4.88 Å². The minimum absolute atomic E-state index is 0.0155. The number of nitrogens with zero attached hydrogens (tertiary/aromatic N) is 3. The first-order valence-electron chi connectivity index (χ1n) is 12.3. The van der Waals surface area contributed by atoms with E-state index in [0.717, 1.165) is 44.0 Å². The monoisotopic (exact) mass is 518 g/mol. The van der Waals surface area contributed by atoms with Gasteiger partial charge in [0, 0.05) is 34.1 Å². The number of aromatic nitrogens is 2. The van der Waals surface area contributed by atoms with Crippen molar-refractivity contribution in [1.82, 2.24) is 15.1 Å². The fraction of sp³-hybridized carbons (Fsp3) is 0.345. The normalized spacial score (nSPS) is 12.3. The maximum Gasteiger partial charge on any atom is 0.410 e. The molecular weight excluding hydrogens is 484 g/mol. The second kappa shape index (κ2) is 10.8. The number of methoxy groups -OCH3 is 1. The molecule has 0 aliphatic rings. The Kier molecular flexibility index (Phi) is 7.68. The summed E-state index contributed by atoms with van der Waals surface area (Å²) < 4.78 is 11.0. The summed E-state index contributed by atoms with van der Waals surface area (Å²) in [6, 6.07) is 18.4. The second-order valence-electron chi connectivity index (χ2n) is 10.1. The smallest absolute Gasteiger partial charge is 0.410 e. The van der Waals surface area contributed by atoms with E-state index in [1.54, 1.807) is 30.4 Å². The summed E-state index contributed by atoms with van der Waals surface area (Å²) in [5.41, 5.74) is 2.51. The molecule has 0 saturated carbocycles. The Bertz CT molecular complexity index is 1410. The molecular formula is C29H34N4O3S. The third-order valence-corrected chi connectivity index (χ3v) is 7.28. The number of amides is 1. The zero-order chi connectivity index (χ0) is 26.7. The molecule has 0 unspecified atom stereocenters. The molecule has 0 saturated heterocycles. The molecule has 0 spiro atoms. The molecule has 1 atom stereocenters. The van der Waals surface area contributed by atoms with Gasteiger partial charge in [-0.1, -0.05) is 24.3 Å². The molecule has 1 amide bonds. The van der Waals surface area contributed by atoms with E-state index < -0.39 is 5.60 Å². The lowest BCUT2D eigenvalue weighted by Gasteiger charge is -2.25. The number of aryl methyl sites for hydroxylation is 1. The number of rotatable bonds is 7. The van der Waals surface area contributed by atoms with Crippen molar-refractivity contribution in [1.29, 1.82) is 0 Å². The summed E-state index contributed by atoms with van der Waals surface area (Å²) in [6.45, 7) is 10.1. The quantitative estimate of drug-likeness (QED) is 0.278. The lowest BCUT2D eigenvalue weighted by Crippen LogP contribution is -2.33. The topological polar surface area (TPSA) is 76.6 Å². The summed E-state index contributed by atoms with van der Waals surface area (Å²) in [5.74, 6) is 1.50. The lowest BCUT2D eigenvalue weighted by atomic mass is 10.1. The summed E-state index contributed by atoms with van der Waals surface area (Å²) in [5, 5.41) is 14.3. The van der Waals surface area contributed by atoms with Crippen LogP contribution >= 0.6 is 11.3 Å². The van der Waals surface area contributed by atoms with Gasteiger partial charge in [-0.15, -0.1) is 16.4 Å². The fourth-order valence-corrected chi connectivity index (χ4v) is 5.14. The third-order valence-electron chi connectivity index (χ3n) is 5.97. The van der Waals surface area contributed by atoms with Gasteiger partial charge in [0.05, 0.1) is 18.8 Å². The summed E-state index contributed by atoms with van der Waals surface area (Å²) in [7, 11) is 3.42. The average molecular weight is 519 g/mol. The van der Waals surface area contributed by atoms with E-state index in [1.807, 2.05) is 58.0 Å². The standard InChI is InChI=1S/C29H34N4O3S/c1-18-22-13-12-21(35-7)16-24(22)27(32-31-18)30-19(2)25-14-15-26(37-25)23-11-9-8-10-20(23)17-33(6)28(34)36-29(3,4)5/h8-16,19H,17H2,1-7H3,(H,30,32)/t19-/m1/s1. The van der Waals surface area contributed by atoms with Crippen molar-refractivity contribution in [2.24, 2.45) is 0 Å². The zero-order valence-electron chi connectivity index (χ0n) is 22.5. The molecule has 37 heavy (non-hydrogen) atoms. The Hall–Kier alpha value is -3.65. The van der Waals surface area contributed by atoms with Gasteiger partial charge in [-0.05, 0) is 76.1 Å². The van der Waals surface area contributed by atoms with Gasteiger partial charge in [0.15, 0.2) is 5.82 Å². The molecule has 1 N–H and O–H groups in total. The van der Waals surface area contributed by atoms with E-state index in [2.05, 4.69) is 46.7 Å². The molecule has 0 fully saturated rings. The average Bonchev–Trinajstić information content (AvgIpc) is 3.35. The first-order chi connectivity index (χ1) is 17.6. The van der Waals surface area contributed by atoms with Crippen LogP contribution < -0.4 is 10.1 Å². The Labute approximate surface area is 222 Å².